The van der Waals surface area contributed by atoms with Gasteiger partial charge in [-0.3, -0.25) is 14.9 Å². The van der Waals surface area contributed by atoms with Gasteiger partial charge in [-0.15, -0.1) is 0 Å². The van der Waals surface area contributed by atoms with E-state index in [0.29, 0.717) is 24.3 Å². The summed E-state index contributed by atoms with van der Waals surface area (Å²) in [7, 11) is 0. The maximum atomic E-state index is 13.2. The number of piperazine rings is 1. The van der Waals surface area contributed by atoms with Crippen molar-refractivity contribution in [3.05, 3.63) is 69.3 Å². The molecule has 0 N–H and O–H groups in total. The zero-order valence-corrected chi connectivity index (χ0v) is 15.0. The van der Waals surface area contributed by atoms with Gasteiger partial charge in [-0.05, 0) is 30.3 Å². The summed E-state index contributed by atoms with van der Waals surface area (Å²) in [6, 6.07) is 10.4. The minimum absolute atomic E-state index is 0.118. The molecule has 29 heavy (non-hydrogen) atoms. The van der Waals surface area contributed by atoms with Crippen molar-refractivity contribution in [3.8, 4) is 6.07 Å². The summed E-state index contributed by atoms with van der Waals surface area (Å²) in [5.74, 6) is -0.296. The summed E-state index contributed by atoms with van der Waals surface area (Å²) in [6.45, 7) is 1.22. The third kappa shape index (κ3) is 4.29. The Labute approximate surface area is 163 Å². The fraction of sp³-hybridized carbons (Fsp3) is 0.263. The van der Waals surface area contributed by atoms with Gasteiger partial charge < -0.3 is 9.80 Å². The van der Waals surface area contributed by atoms with Crippen LogP contribution in [0.15, 0.2) is 42.5 Å². The lowest BCUT2D eigenvalue weighted by molar-refractivity contribution is -0.384. The van der Waals surface area contributed by atoms with Crippen LogP contribution in [0.5, 0.6) is 0 Å². The van der Waals surface area contributed by atoms with Crippen molar-refractivity contribution >= 4 is 17.3 Å². The van der Waals surface area contributed by atoms with Gasteiger partial charge in [0, 0.05) is 49.6 Å². The van der Waals surface area contributed by atoms with Crippen LogP contribution in [0.1, 0.15) is 21.5 Å². The van der Waals surface area contributed by atoms with Gasteiger partial charge in [0.2, 0.25) is 0 Å². The Morgan fingerprint density at radius 3 is 2.21 bits per heavy atom. The SMILES string of the molecule is N#Cc1ccc(N2CCN(C(=O)c3ccc([N+](=O)[O-])cc3)CC2)cc1C(F)(F)F. The molecule has 0 bridgehead atoms. The quantitative estimate of drug-likeness (QED) is 0.577. The summed E-state index contributed by atoms with van der Waals surface area (Å²) >= 11 is 0. The summed E-state index contributed by atoms with van der Waals surface area (Å²) in [4.78, 5) is 26.0. The highest BCUT2D eigenvalue weighted by molar-refractivity contribution is 5.94. The van der Waals surface area contributed by atoms with Crippen LogP contribution in [0.2, 0.25) is 0 Å². The smallest absolute Gasteiger partial charge is 0.368 e. The van der Waals surface area contributed by atoms with Crippen LogP contribution < -0.4 is 4.90 Å². The first-order valence-corrected chi connectivity index (χ1v) is 8.60. The normalized spacial score (nSPS) is 14.4. The molecule has 0 aliphatic carbocycles. The second-order valence-electron chi connectivity index (χ2n) is 6.42. The van der Waals surface area contributed by atoms with Gasteiger partial charge in [0.05, 0.1) is 22.1 Å². The number of hydrogen-bond acceptors (Lipinski definition) is 5. The van der Waals surface area contributed by atoms with Crippen molar-refractivity contribution < 1.29 is 22.9 Å². The van der Waals surface area contributed by atoms with Crippen molar-refractivity contribution in [2.45, 2.75) is 6.18 Å². The molecule has 0 atom stereocenters. The number of carbonyl (C=O) groups excluding carboxylic acids is 1. The van der Waals surface area contributed by atoms with Crippen LogP contribution in [-0.4, -0.2) is 41.9 Å². The lowest BCUT2D eigenvalue weighted by Gasteiger charge is -2.36. The second kappa shape index (κ2) is 7.79. The molecule has 1 aliphatic heterocycles. The van der Waals surface area contributed by atoms with E-state index in [9.17, 15) is 28.1 Å². The van der Waals surface area contributed by atoms with E-state index in [2.05, 4.69) is 0 Å². The number of nitriles is 1. The molecule has 1 saturated heterocycles. The molecule has 0 saturated carbocycles. The fourth-order valence-corrected chi connectivity index (χ4v) is 3.14. The Hall–Kier alpha value is -3.61. The van der Waals surface area contributed by atoms with Crippen LogP contribution in [0, 0.1) is 21.4 Å². The Morgan fingerprint density at radius 2 is 1.69 bits per heavy atom. The molecular formula is C19H15F3N4O3. The van der Waals surface area contributed by atoms with Gasteiger partial charge in [-0.2, -0.15) is 18.4 Å². The number of non-ortho nitro benzene ring substituents is 1. The largest absolute Gasteiger partial charge is 0.417 e. The maximum Gasteiger partial charge on any atom is 0.417 e. The number of hydrogen-bond donors (Lipinski definition) is 0. The highest BCUT2D eigenvalue weighted by atomic mass is 19.4. The van der Waals surface area contributed by atoms with E-state index in [0.717, 1.165) is 12.1 Å². The first-order valence-electron chi connectivity index (χ1n) is 8.60. The van der Waals surface area contributed by atoms with Crippen molar-refractivity contribution in [3.63, 3.8) is 0 Å². The topological polar surface area (TPSA) is 90.5 Å². The van der Waals surface area contributed by atoms with Crippen LogP contribution in [0.3, 0.4) is 0 Å². The monoisotopic (exact) mass is 404 g/mol. The number of carbonyl (C=O) groups is 1. The first kappa shape index (κ1) is 20.1. The number of alkyl halides is 3. The van der Waals surface area contributed by atoms with Gasteiger partial charge in [-0.25, -0.2) is 0 Å². The summed E-state index contributed by atoms with van der Waals surface area (Å²) in [6.07, 6.45) is -4.63. The summed E-state index contributed by atoms with van der Waals surface area (Å²) < 4.78 is 39.5. The number of amides is 1. The third-order valence-electron chi connectivity index (χ3n) is 4.69. The second-order valence-corrected chi connectivity index (χ2v) is 6.42. The van der Waals surface area contributed by atoms with Crippen LogP contribution >= 0.6 is 0 Å². The van der Waals surface area contributed by atoms with Gasteiger partial charge in [0.25, 0.3) is 11.6 Å². The molecule has 7 nitrogen and oxygen atoms in total. The zero-order chi connectivity index (χ0) is 21.2. The number of nitro benzene ring substituents is 1. The summed E-state index contributed by atoms with van der Waals surface area (Å²) in [5, 5.41) is 19.6. The Kier molecular flexibility index (Phi) is 5.41. The average molecular weight is 404 g/mol. The van der Waals surface area contributed by atoms with E-state index in [1.54, 1.807) is 15.9 Å². The van der Waals surface area contributed by atoms with Gasteiger partial charge in [-0.1, -0.05) is 0 Å². The van der Waals surface area contributed by atoms with E-state index >= 15 is 0 Å². The Bertz CT molecular complexity index is 976. The molecule has 1 aliphatic rings. The Balaban J connectivity index is 1.70. The molecule has 2 aromatic rings. The molecule has 3 rings (SSSR count). The molecule has 0 aromatic heterocycles. The van der Waals surface area contributed by atoms with Crippen LogP contribution in [-0.2, 0) is 6.18 Å². The number of benzene rings is 2. The fourth-order valence-electron chi connectivity index (χ4n) is 3.14. The molecule has 1 fully saturated rings. The lowest BCUT2D eigenvalue weighted by atomic mass is 10.1. The predicted octanol–water partition coefficient (Wildman–Crippen LogP) is 3.45. The molecule has 10 heteroatoms. The zero-order valence-electron chi connectivity index (χ0n) is 15.0. The predicted molar refractivity (Wildman–Crippen MR) is 97.4 cm³/mol. The summed E-state index contributed by atoms with van der Waals surface area (Å²) in [5.41, 5.74) is -0.900. The van der Waals surface area contributed by atoms with Crippen molar-refractivity contribution in [1.82, 2.24) is 4.90 Å². The number of nitro groups is 1. The standard InChI is InChI=1S/C19H15F3N4O3/c20-19(21,22)17-11-16(6-3-14(17)12-23)24-7-9-25(10-8-24)18(27)13-1-4-15(5-2-13)26(28)29/h1-6,11H,7-10H2. The van der Waals surface area contributed by atoms with Crippen molar-refractivity contribution in [2.24, 2.45) is 0 Å². The average Bonchev–Trinajstić information content (AvgIpc) is 2.72. The van der Waals surface area contributed by atoms with Crippen molar-refractivity contribution in [2.75, 3.05) is 31.1 Å². The Morgan fingerprint density at radius 1 is 1.07 bits per heavy atom. The molecule has 0 spiro atoms. The molecule has 1 amide bonds. The molecular weight excluding hydrogens is 389 g/mol. The van der Waals surface area contributed by atoms with E-state index in [1.165, 1.54) is 30.3 Å². The van der Waals surface area contributed by atoms with Crippen LogP contribution in [0.4, 0.5) is 24.5 Å². The van der Waals surface area contributed by atoms with E-state index < -0.39 is 22.2 Å². The number of rotatable bonds is 3. The molecule has 150 valence electrons. The molecule has 1 heterocycles. The van der Waals surface area contributed by atoms with E-state index in [-0.39, 0.29) is 24.7 Å². The number of nitrogens with zero attached hydrogens (tertiary/aromatic N) is 4. The maximum absolute atomic E-state index is 13.2. The molecule has 0 unspecified atom stereocenters. The highest BCUT2D eigenvalue weighted by Crippen LogP contribution is 2.34. The molecule has 2 aromatic carbocycles. The minimum Gasteiger partial charge on any atom is -0.368 e. The van der Waals surface area contributed by atoms with Crippen LogP contribution in [0.25, 0.3) is 0 Å². The minimum atomic E-state index is -4.63. The third-order valence-corrected chi connectivity index (χ3v) is 4.69. The lowest BCUT2D eigenvalue weighted by Crippen LogP contribution is -2.48. The highest BCUT2D eigenvalue weighted by Gasteiger charge is 2.34. The van der Waals surface area contributed by atoms with E-state index in [4.69, 9.17) is 5.26 Å². The first-order chi connectivity index (χ1) is 13.7. The number of anilines is 1. The van der Waals surface area contributed by atoms with Gasteiger partial charge >= 0.3 is 6.18 Å². The van der Waals surface area contributed by atoms with Gasteiger partial charge in [0.1, 0.15) is 0 Å². The van der Waals surface area contributed by atoms with E-state index in [1.807, 2.05) is 0 Å². The van der Waals surface area contributed by atoms with Crippen molar-refractivity contribution in [1.29, 1.82) is 5.26 Å². The van der Waals surface area contributed by atoms with Gasteiger partial charge in [0.15, 0.2) is 0 Å². The molecule has 0 radical (unpaired) electrons. The number of halogens is 3.